The summed E-state index contributed by atoms with van der Waals surface area (Å²) in [5, 5.41) is 268. The van der Waals surface area contributed by atoms with E-state index in [-0.39, 0.29) is 29.6 Å². The molecule has 0 amide bonds. The molecule has 0 heterocycles. The predicted molar refractivity (Wildman–Crippen MR) is 477 cm³/mol. The summed E-state index contributed by atoms with van der Waals surface area (Å²) in [6.07, 6.45) is 0. The molecule has 0 saturated heterocycles. The molecule has 0 aromatic rings. The standard InChI is InChI=1S/36C2H4O2.Na/c36*1-2(3)4;/h36*1H3,(H,3,4);/q;;;;;;;;;;;;;;;;;;;;;;;;;;;;;;;;;;;;+1/p-1. The maximum Gasteiger partial charge on any atom is 1.00 e. The molecular formula is C72H143NaO72. The third kappa shape index (κ3) is 5920. The molecule has 145 heavy (non-hydrogen) atoms. The molecule has 0 radical (unpaired) electrons. The molecule has 0 bridgehead atoms. The van der Waals surface area contributed by atoms with Gasteiger partial charge in [-0.3, -0.25) is 168 Å². The number of carboxylic acids is 36. The van der Waals surface area contributed by atoms with Crippen molar-refractivity contribution in [2.75, 3.05) is 0 Å². The van der Waals surface area contributed by atoms with Gasteiger partial charge in [0.2, 0.25) is 0 Å². The van der Waals surface area contributed by atoms with E-state index in [9.17, 15) is 0 Å². The first-order valence-electron chi connectivity index (χ1n) is 33.4. The number of rotatable bonds is 0. The zero-order valence-corrected chi connectivity index (χ0v) is 87.8. The molecule has 0 aliphatic rings. The monoisotopic (exact) mass is 2180 g/mol. The first kappa shape index (κ1) is 249. The van der Waals surface area contributed by atoms with E-state index in [0.717, 1.165) is 249 Å². The SMILES string of the molecule is CC(=O)O.CC(=O)O.CC(=O)O.CC(=O)O.CC(=O)O.CC(=O)O.CC(=O)O.CC(=O)O.CC(=O)O.CC(=O)O.CC(=O)O.CC(=O)O.CC(=O)O.CC(=O)O.CC(=O)O.CC(=O)O.CC(=O)O.CC(=O)O.CC(=O)O.CC(=O)O.CC(=O)O.CC(=O)O.CC(=O)O.CC(=O)O.CC(=O)O.CC(=O)O.CC(=O)O.CC(=O)O.CC(=O)O.CC(=O)O.CC(=O)O.CC(=O)O.CC(=O)O.CC(=O)O.CC(=O)O.CC(=O)[O-].[Na+]. The Morgan fingerprint density at radius 3 is 0.0828 bits per heavy atom. The molecule has 72 nitrogen and oxygen atoms in total. The van der Waals surface area contributed by atoms with E-state index in [1.807, 2.05) is 0 Å². The molecule has 0 fully saturated rings. The van der Waals surface area contributed by atoms with Crippen LogP contribution in [0.5, 0.6) is 0 Å². The van der Waals surface area contributed by atoms with Gasteiger partial charge >= 0.3 is 29.6 Å². The van der Waals surface area contributed by atoms with Crippen molar-refractivity contribution in [2.24, 2.45) is 0 Å². The summed E-state index contributed by atoms with van der Waals surface area (Å²) >= 11 is 0. The maximum absolute atomic E-state index is 9.00. The molecule has 0 unspecified atom stereocenters. The number of aliphatic carboxylic acids is 36. The first-order chi connectivity index (χ1) is 62.4. The van der Waals surface area contributed by atoms with E-state index in [1.54, 1.807) is 0 Å². The summed E-state index contributed by atoms with van der Waals surface area (Å²) in [7, 11) is 0. The fourth-order valence-corrected chi connectivity index (χ4v) is 0. The van der Waals surface area contributed by atoms with Crippen molar-refractivity contribution in [1.29, 1.82) is 0 Å². The van der Waals surface area contributed by atoms with Gasteiger partial charge in [-0.2, -0.15) is 0 Å². The Hall–Kier alpha value is -18.1. The number of carbonyl (C=O) groups excluding carboxylic acids is 1. The van der Waals surface area contributed by atoms with Crippen molar-refractivity contribution in [3.63, 3.8) is 0 Å². The van der Waals surface area contributed by atoms with Crippen LogP contribution in [0.1, 0.15) is 249 Å². The molecule has 0 saturated carbocycles. The normalized spacial score (nSPS) is 6.21. The molecule has 0 aliphatic heterocycles. The Morgan fingerprint density at radius 1 is 0.0828 bits per heavy atom. The quantitative estimate of drug-likeness (QED) is 0.129. The minimum atomic E-state index is -1.08. The van der Waals surface area contributed by atoms with Crippen LogP contribution in [-0.4, -0.2) is 394 Å². The average molecular weight is 2180 g/mol. The van der Waals surface area contributed by atoms with Gasteiger partial charge in [0, 0.05) is 248 Å². The van der Waals surface area contributed by atoms with Crippen LogP contribution in [0.2, 0.25) is 0 Å². The van der Waals surface area contributed by atoms with Crippen LogP contribution in [0.15, 0.2) is 0 Å². The van der Waals surface area contributed by atoms with Gasteiger partial charge in [-0.25, -0.2) is 0 Å². The van der Waals surface area contributed by atoms with Crippen molar-refractivity contribution in [1.82, 2.24) is 0 Å². The number of hydrogen-bond donors (Lipinski definition) is 35. The van der Waals surface area contributed by atoms with Gasteiger partial charge in [0.15, 0.2) is 0 Å². The third-order valence-electron chi connectivity index (χ3n) is 0. The van der Waals surface area contributed by atoms with Gasteiger partial charge < -0.3 is 189 Å². The van der Waals surface area contributed by atoms with Crippen LogP contribution in [0.4, 0.5) is 0 Å². The van der Waals surface area contributed by atoms with E-state index < -0.39 is 215 Å². The smallest absolute Gasteiger partial charge is 0.550 e. The van der Waals surface area contributed by atoms with Gasteiger partial charge in [-0.15, -0.1) is 0 Å². The first-order valence-corrected chi connectivity index (χ1v) is 33.4. The van der Waals surface area contributed by atoms with E-state index in [0.29, 0.717) is 0 Å². The largest absolute Gasteiger partial charge is 1.00 e. The van der Waals surface area contributed by atoms with Gasteiger partial charge in [-0.05, 0) is 6.92 Å². The molecule has 0 aromatic carbocycles. The van der Waals surface area contributed by atoms with Crippen molar-refractivity contribution in [2.45, 2.75) is 249 Å². The van der Waals surface area contributed by atoms with Gasteiger partial charge in [0.1, 0.15) is 0 Å². The molecule has 0 aliphatic carbocycles. The summed E-state index contributed by atoms with van der Waals surface area (Å²) < 4.78 is 0. The Labute approximate surface area is 847 Å². The third-order valence-corrected chi connectivity index (χ3v) is 0. The van der Waals surface area contributed by atoms with Crippen molar-refractivity contribution < 1.29 is 386 Å². The molecule has 73 heteroatoms. The average Bonchev–Trinajstić information content (AvgIpc) is 3.42. The maximum atomic E-state index is 9.00. The minimum absolute atomic E-state index is 0. The van der Waals surface area contributed by atoms with E-state index >= 15 is 0 Å². The van der Waals surface area contributed by atoms with Crippen molar-refractivity contribution >= 4 is 215 Å². The van der Waals surface area contributed by atoms with Crippen LogP contribution < -0.4 is 34.7 Å². The molecule has 0 rings (SSSR count). The molecule has 0 atom stereocenters. The summed E-state index contributed by atoms with van der Waals surface area (Å²) in [6.45, 7) is 38.9. The predicted octanol–water partition coefficient (Wildman–Crippen LogP) is -1.06. The molecule has 0 aromatic heterocycles. The van der Waals surface area contributed by atoms with Crippen molar-refractivity contribution in [3.8, 4) is 0 Å². The second kappa shape index (κ2) is 243. The van der Waals surface area contributed by atoms with Gasteiger partial charge in [-0.1, -0.05) is 0 Å². The number of carboxylic acid groups (broad SMARTS) is 36. The molecule has 35 N–H and O–H groups in total. The van der Waals surface area contributed by atoms with Crippen molar-refractivity contribution in [3.05, 3.63) is 0 Å². The molecule has 864 valence electrons. The molecule has 0 spiro atoms. The summed E-state index contributed by atoms with van der Waals surface area (Å²) in [5.74, 6) is -30.2. The van der Waals surface area contributed by atoms with E-state index in [1.165, 1.54) is 0 Å². The zero-order chi connectivity index (χ0) is 129. The van der Waals surface area contributed by atoms with Gasteiger partial charge in [0.05, 0.1) is 0 Å². The summed E-state index contributed by atoms with van der Waals surface area (Å²) in [4.78, 5) is 324. The van der Waals surface area contributed by atoms with Crippen LogP contribution >= 0.6 is 0 Å². The second-order valence-corrected chi connectivity index (χ2v) is 18.7. The Bertz CT molecular complexity index is 2100. The Morgan fingerprint density at radius 2 is 0.0828 bits per heavy atom. The van der Waals surface area contributed by atoms with Crippen LogP contribution in [0.25, 0.3) is 0 Å². The summed E-state index contributed by atoms with van der Waals surface area (Å²) in [6, 6.07) is 0. The Balaban J connectivity index is -0.0000000236. The van der Waals surface area contributed by atoms with Crippen LogP contribution in [0, 0.1) is 0 Å². The zero-order valence-electron chi connectivity index (χ0n) is 85.8. The number of hydrogen-bond acceptors (Lipinski definition) is 37. The van der Waals surface area contributed by atoms with Crippen LogP contribution in [0.3, 0.4) is 0 Å². The van der Waals surface area contributed by atoms with Gasteiger partial charge in [0.25, 0.3) is 209 Å². The fraction of sp³-hybridized carbons (Fsp3) is 0.500. The fourth-order valence-electron chi connectivity index (χ4n) is 0. The second-order valence-electron chi connectivity index (χ2n) is 18.7. The number of carbonyl (C=O) groups is 36. The van der Waals surface area contributed by atoms with Crippen LogP contribution in [-0.2, 0) is 173 Å². The minimum Gasteiger partial charge on any atom is -0.550 e. The summed E-state index contributed by atoms with van der Waals surface area (Å²) in [5.41, 5.74) is 0. The van der Waals surface area contributed by atoms with E-state index in [2.05, 4.69) is 0 Å². The Kier molecular flexibility index (Phi) is 417. The molecular weight excluding hydrogens is 2040 g/mol. The van der Waals surface area contributed by atoms with E-state index in [4.69, 9.17) is 356 Å². The topological polar surface area (TPSA) is 1350 Å².